The lowest BCUT2D eigenvalue weighted by Crippen LogP contribution is -2.22. The van der Waals surface area contributed by atoms with E-state index in [0.29, 0.717) is 12.1 Å². The highest BCUT2D eigenvalue weighted by Crippen LogP contribution is 2.20. The van der Waals surface area contributed by atoms with Crippen molar-refractivity contribution in [3.63, 3.8) is 0 Å². The molecule has 2 aromatic rings. The van der Waals surface area contributed by atoms with Gasteiger partial charge < -0.3 is 5.32 Å². The largest absolute Gasteiger partial charge is 0.348 e. The highest BCUT2D eigenvalue weighted by molar-refractivity contribution is 9.11. The predicted octanol–water partition coefficient (Wildman–Crippen LogP) is 3.75. The summed E-state index contributed by atoms with van der Waals surface area (Å²) in [5.41, 5.74) is 3.03. The molecule has 1 aromatic heterocycles. The summed E-state index contributed by atoms with van der Waals surface area (Å²) in [6.07, 6.45) is 0. The fourth-order valence-electron chi connectivity index (χ4n) is 1.54. The van der Waals surface area contributed by atoms with E-state index in [0.717, 1.165) is 9.35 Å². The second kappa shape index (κ2) is 5.47. The molecule has 0 fully saturated rings. The van der Waals surface area contributed by atoms with Crippen molar-refractivity contribution in [2.75, 3.05) is 0 Å². The number of carbonyl (C=O) groups is 1. The van der Waals surface area contributed by atoms with E-state index in [1.165, 1.54) is 16.9 Å². The molecule has 88 valence electrons. The van der Waals surface area contributed by atoms with Gasteiger partial charge in [0, 0.05) is 11.9 Å². The lowest BCUT2D eigenvalue weighted by atomic mass is 10.1. The van der Waals surface area contributed by atoms with Crippen LogP contribution in [0.25, 0.3) is 0 Å². The van der Waals surface area contributed by atoms with Crippen LogP contribution in [0.15, 0.2) is 39.5 Å². The molecule has 0 aliphatic carbocycles. The van der Waals surface area contributed by atoms with Gasteiger partial charge in [-0.05, 0) is 34.5 Å². The molecular formula is C13H12BrNOS. The fraction of sp³-hybridized carbons (Fsp3) is 0.154. The van der Waals surface area contributed by atoms with Crippen LogP contribution >= 0.6 is 27.3 Å². The molecule has 1 heterocycles. The van der Waals surface area contributed by atoms with Crippen molar-refractivity contribution < 1.29 is 4.79 Å². The van der Waals surface area contributed by atoms with Crippen molar-refractivity contribution in [2.24, 2.45) is 0 Å². The van der Waals surface area contributed by atoms with Gasteiger partial charge in [-0.1, -0.05) is 29.8 Å². The molecule has 0 saturated carbocycles. The summed E-state index contributed by atoms with van der Waals surface area (Å²) in [7, 11) is 0. The van der Waals surface area contributed by atoms with E-state index in [9.17, 15) is 4.79 Å². The first-order valence-corrected chi connectivity index (χ1v) is 6.90. The molecule has 1 N–H and O–H groups in total. The van der Waals surface area contributed by atoms with E-state index in [1.54, 1.807) is 0 Å². The van der Waals surface area contributed by atoms with Gasteiger partial charge in [-0.15, -0.1) is 11.3 Å². The average molecular weight is 310 g/mol. The molecule has 0 bridgehead atoms. The Morgan fingerprint density at radius 1 is 1.41 bits per heavy atom. The normalized spacial score (nSPS) is 10.2. The monoisotopic (exact) mass is 309 g/mol. The minimum Gasteiger partial charge on any atom is -0.348 e. The van der Waals surface area contributed by atoms with Crippen molar-refractivity contribution in [1.29, 1.82) is 0 Å². The molecule has 0 unspecified atom stereocenters. The van der Waals surface area contributed by atoms with Crippen LogP contribution in [0.2, 0.25) is 0 Å². The molecule has 0 spiro atoms. The highest BCUT2D eigenvalue weighted by atomic mass is 79.9. The summed E-state index contributed by atoms with van der Waals surface area (Å²) < 4.78 is 0.971. The third kappa shape index (κ3) is 3.41. The number of carbonyl (C=O) groups excluding carboxylic acids is 1. The summed E-state index contributed by atoms with van der Waals surface area (Å²) in [5, 5.41) is 4.75. The van der Waals surface area contributed by atoms with Crippen LogP contribution < -0.4 is 5.32 Å². The SMILES string of the molecule is Cc1cccc(CNC(=O)c2csc(Br)c2)c1. The van der Waals surface area contributed by atoms with Crippen LogP contribution in [0.4, 0.5) is 0 Å². The molecule has 0 atom stereocenters. The van der Waals surface area contributed by atoms with E-state index in [4.69, 9.17) is 0 Å². The molecule has 0 aliphatic rings. The van der Waals surface area contributed by atoms with Crippen LogP contribution in [-0.2, 0) is 6.54 Å². The second-order valence-corrected chi connectivity index (χ2v) is 6.10. The number of rotatable bonds is 3. The number of hydrogen-bond donors (Lipinski definition) is 1. The Balaban J connectivity index is 1.97. The first-order chi connectivity index (χ1) is 8.15. The van der Waals surface area contributed by atoms with Crippen LogP contribution in [0.1, 0.15) is 21.5 Å². The van der Waals surface area contributed by atoms with Gasteiger partial charge in [0.25, 0.3) is 5.91 Å². The maximum absolute atomic E-state index is 11.8. The Kier molecular flexibility index (Phi) is 3.97. The van der Waals surface area contributed by atoms with Gasteiger partial charge in [-0.25, -0.2) is 0 Å². The van der Waals surface area contributed by atoms with E-state index in [-0.39, 0.29) is 5.91 Å². The predicted molar refractivity (Wildman–Crippen MR) is 74.4 cm³/mol. The lowest BCUT2D eigenvalue weighted by Gasteiger charge is -2.04. The van der Waals surface area contributed by atoms with Gasteiger partial charge in [0.15, 0.2) is 0 Å². The minimum atomic E-state index is -0.0338. The van der Waals surface area contributed by atoms with Crippen LogP contribution in [0.5, 0.6) is 0 Å². The molecule has 2 rings (SSSR count). The Bertz CT molecular complexity index is 536. The zero-order chi connectivity index (χ0) is 12.3. The van der Waals surface area contributed by atoms with Crippen molar-refractivity contribution in [2.45, 2.75) is 13.5 Å². The van der Waals surface area contributed by atoms with Crippen molar-refractivity contribution in [3.8, 4) is 0 Å². The van der Waals surface area contributed by atoms with E-state index < -0.39 is 0 Å². The van der Waals surface area contributed by atoms with Crippen LogP contribution in [0.3, 0.4) is 0 Å². The Labute approximate surface area is 113 Å². The third-order valence-corrected chi connectivity index (χ3v) is 3.87. The maximum atomic E-state index is 11.8. The average Bonchev–Trinajstić information content (AvgIpc) is 2.73. The molecular weight excluding hydrogens is 298 g/mol. The molecule has 2 nitrogen and oxygen atoms in total. The van der Waals surface area contributed by atoms with Crippen LogP contribution in [0, 0.1) is 6.92 Å². The van der Waals surface area contributed by atoms with Crippen LogP contribution in [-0.4, -0.2) is 5.91 Å². The lowest BCUT2D eigenvalue weighted by molar-refractivity contribution is 0.0951. The Morgan fingerprint density at radius 3 is 2.88 bits per heavy atom. The van der Waals surface area contributed by atoms with Gasteiger partial charge in [0.05, 0.1) is 9.35 Å². The van der Waals surface area contributed by atoms with E-state index in [1.807, 2.05) is 36.6 Å². The number of amides is 1. The molecule has 0 aliphatic heterocycles. The zero-order valence-corrected chi connectivity index (χ0v) is 11.8. The number of aryl methyl sites for hydroxylation is 1. The summed E-state index contributed by atoms with van der Waals surface area (Å²) in [6.45, 7) is 2.61. The topological polar surface area (TPSA) is 29.1 Å². The van der Waals surface area contributed by atoms with E-state index >= 15 is 0 Å². The van der Waals surface area contributed by atoms with Gasteiger partial charge in [0.2, 0.25) is 0 Å². The highest BCUT2D eigenvalue weighted by Gasteiger charge is 2.07. The number of halogens is 1. The fourth-order valence-corrected chi connectivity index (χ4v) is 2.67. The Morgan fingerprint density at radius 2 is 2.24 bits per heavy atom. The van der Waals surface area contributed by atoms with E-state index in [2.05, 4.69) is 27.3 Å². The van der Waals surface area contributed by atoms with Crippen molar-refractivity contribution >= 4 is 33.2 Å². The quantitative estimate of drug-likeness (QED) is 0.919. The smallest absolute Gasteiger partial charge is 0.252 e. The van der Waals surface area contributed by atoms with Crippen molar-refractivity contribution in [3.05, 3.63) is 56.2 Å². The first-order valence-electron chi connectivity index (χ1n) is 5.23. The van der Waals surface area contributed by atoms with Crippen molar-refractivity contribution in [1.82, 2.24) is 5.32 Å². The first kappa shape index (κ1) is 12.3. The summed E-state index contributed by atoms with van der Waals surface area (Å²) >= 11 is 4.86. The minimum absolute atomic E-state index is 0.0338. The van der Waals surface area contributed by atoms with Gasteiger partial charge in [-0.2, -0.15) is 0 Å². The summed E-state index contributed by atoms with van der Waals surface area (Å²) in [6, 6.07) is 9.95. The Hall–Kier alpha value is -1.13. The maximum Gasteiger partial charge on any atom is 0.252 e. The zero-order valence-electron chi connectivity index (χ0n) is 9.37. The molecule has 17 heavy (non-hydrogen) atoms. The number of benzene rings is 1. The van der Waals surface area contributed by atoms with Gasteiger partial charge in [0.1, 0.15) is 0 Å². The molecule has 4 heteroatoms. The molecule has 1 amide bonds. The van der Waals surface area contributed by atoms with Gasteiger partial charge in [-0.3, -0.25) is 4.79 Å². The standard InChI is InChI=1S/C13H12BrNOS/c1-9-3-2-4-10(5-9)7-15-13(16)11-6-12(14)17-8-11/h2-6,8H,7H2,1H3,(H,15,16). The molecule has 0 radical (unpaired) electrons. The van der Waals surface area contributed by atoms with Gasteiger partial charge >= 0.3 is 0 Å². The summed E-state index contributed by atoms with van der Waals surface area (Å²) in [4.78, 5) is 11.8. The number of hydrogen-bond acceptors (Lipinski definition) is 2. The number of thiophene rings is 1. The molecule has 0 saturated heterocycles. The molecule has 1 aromatic carbocycles. The third-order valence-electron chi connectivity index (χ3n) is 2.37. The number of nitrogens with one attached hydrogen (secondary N) is 1. The summed E-state index contributed by atoms with van der Waals surface area (Å²) in [5.74, 6) is -0.0338. The second-order valence-electron chi connectivity index (χ2n) is 3.81.